The van der Waals surface area contributed by atoms with Gasteiger partial charge in [-0.1, -0.05) is 294 Å². The van der Waals surface area contributed by atoms with Gasteiger partial charge in [0.25, 0.3) is 0 Å². The molecule has 432 valence electrons. The number of allylic oxidation sites excluding steroid dienone is 8. The van der Waals surface area contributed by atoms with Crippen molar-refractivity contribution in [1.29, 1.82) is 0 Å². The van der Waals surface area contributed by atoms with Crippen LogP contribution in [-0.4, -0.2) is 37.2 Å². The SMILES string of the molecule is CCCCCCC/C=C\C/C=C\C/C=C\CCCCCCCCCCC(=O)OCC(COC(=O)CCCCCCCCCCCCCCCC)OC(=O)CCCCCCCCCCC/C=C\CCCCCCCC. The van der Waals surface area contributed by atoms with E-state index in [0.717, 1.165) is 77.0 Å². The number of carbonyl (C=O) groups excluding carboxylic acids is 3. The summed E-state index contributed by atoms with van der Waals surface area (Å²) in [6.45, 7) is 6.67. The molecule has 0 N–H and O–H groups in total. The Morgan fingerprint density at radius 1 is 0.270 bits per heavy atom. The van der Waals surface area contributed by atoms with Crippen molar-refractivity contribution in [3.63, 3.8) is 0 Å². The van der Waals surface area contributed by atoms with E-state index in [0.29, 0.717) is 19.3 Å². The molecule has 0 aliphatic carbocycles. The smallest absolute Gasteiger partial charge is 0.306 e. The van der Waals surface area contributed by atoms with Gasteiger partial charge in [0.05, 0.1) is 0 Å². The first kappa shape index (κ1) is 71.4. The van der Waals surface area contributed by atoms with E-state index in [1.165, 1.54) is 231 Å². The van der Waals surface area contributed by atoms with Gasteiger partial charge in [-0.15, -0.1) is 0 Å². The second kappa shape index (κ2) is 62.9. The molecular formula is C68H124O6. The summed E-state index contributed by atoms with van der Waals surface area (Å²) >= 11 is 0. The molecule has 0 aromatic heterocycles. The Labute approximate surface area is 460 Å². The van der Waals surface area contributed by atoms with Gasteiger partial charge >= 0.3 is 17.9 Å². The average Bonchev–Trinajstić information content (AvgIpc) is 3.40. The first-order valence-electron chi connectivity index (χ1n) is 32.6. The lowest BCUT2D eigenvalue weighted by Crippen LogP contribution is -2.30. The van der Waals surface area contributed by atoms with E-state index in [1.54, 1.807) is 0 Å². The van der Waals surface area contributed by atoms with Crippen LogP contribution in [0.2, 0.25) is 0 Å². The molecule has 74 heavy (non-hydrogen) atoms. The highest BCUT2D eigenvalue weighted by Crippen LogP contribution is 2.17. The summed E-state index contributed by atoms with van der Waals surface area (Å²) in [5.41, 5.74) is 0. The summed E-state index contributed by atoms with van der Waals surface area (Å²) < 4.78 is 16.9. The number of ether oxygens (including phenoxy) is 3. The summed E-state index contributed by atoms with van der Waals surface area (Å²) in [4.78, 5) is 38.3. The Balaban J connectivity index is 4.33. The summed E-state index contributed by atoms with van der Waals surface area (Å²) in [5, 5.41) is 0. The quantitative estimate of drug-likeness (QED) is 0.0261. The van der Waals surface area contributed by atoms with Crippen LogP contribution >= 0.6 is 0 Å². The van der Waals surface area contributed by atoms with Crippen molar-refractivity contribution >= 4 is 17.9 Å². The average molecular weight is 1040 g/mol. The highest BCUT2D eigenvalue weighted by atomic mass is 16.6. The largest absolute Gasteiger partial charge is 0.462 e. The molecule has 0 aromatic carbocycles. The van der Waals surface area contributed by atoms with E-state index in [2.05, 4.69) is 69.4 Å². The van der Waals surface area contributed by atoms with Crippen molar-refractivity contribution in [2.45, 2.75) is 354 Å². The fraction of sp³-hybridized carbons (Fsp3) is 0.838. The van der Waals surface area contributed by atoms with E-state index < -0.39 is 6.10 Å². The van der Waals surface area contributed by atoms with Gasteiger partial charge in [-0.05, 0) is 83.5 Å². The van der Waals surface area contributed by atoms with Crippen molar-refractivity contribution in [3.05, 3.63) is 48.6 Å². The van der Waals surface area contributed by atoms with Gasteiger partial charge in [0, 0.05) is 19.3 Å². The minimum atomic E-state index is -0.776. The summed E-state index contributed by atoms with van der Waals surface area (Å²) in [6.07, 6.45) is 78.2. The summed E-state index contributed by atoms with van der Waals surface area (Å²) in [5.74, 6) is -0.860. The lowest BCUT2D eigenvalue weighted by molar-refractivity contribution is -0.167. The number of unbranched alkanes of at least 4 members (excludes halogenated alkanes) is 41. The Hall–Kier alpha value is -2.63. The normalized spacial score (nSPS) is 12.3. The van der Waals surface area contributed by atoms with Gasteiger partial charge in [0.15, 0.2) is 6.10 Å². The van der Waals surface area contributed by atoms with Crippen LogP contribution in [0.4, 0.5) is 0 Å². The predicted octanol–water partition coefficient (Wildman–Crippen LogP) is 22.2. The second-order valence-corrected chi connectivity index (χ2v) is 22.0. The van der Waals surface area contributed by atoms with Crippen LogP contribution in [0.1, 0.15) is 348 Å². The van der Waals surface area contributed by atoms with Crippen molar-refractivity contribution in [3.8, 4) is 0 Å². The molecule has 0 spiro atoms. The third kappa shape index (κ3) is 60.2. The fourth-order valence-corrected chi connectivity index (χ4v) is 9.62. The van der Waals surface area contributed by atoms with E-state index in [-0.39, 0.29) is 31.1 Å². The molecule has 0 aromatic rings. The van der Waals surface area contributed by atoms with Gasteiger partial charge in [0.2, 0.25) is 0 Å². The highest BCUT2D eigenvalue weighted by Gasteiger charge is 2.19. The molecule has 0 fully saturated rings. The van der Waals surface area contributed by atoms with Crippen LogP contribution in [0.5, 0.6) is 0 Å². The molecule has 6 nitrogen and oxygen atoms in total. The molecule has 0 bridgehead atoms. The second-order valence-electron chi connectivity index (χ2n) is 22.0. The Bertz CT molecular complexity index is 1280. The van der Waals surface area contributed by atoms with Gasteiger partial charge in [-0.3, -0.25) is 14.4 Å². The van der Waals surface area contributed by atoms with Crippen LogP contribution in [0.15, 0.2) is 48.6 Å². The van der Waals surface area contributed by atoms with E-state index in [4.69, 9.17) is 14.2 Å². The fourth-order valence-electron chi connectivity index (χ4n) is 9.62. The van der Waals surface area contributed by atoms with Crippen molar-refractivity contribution in [2.75, 3.05) is 13.2 Å². The predicted molar refractivity (Wildman–Crippen MR) is 321 cm³/mol. The first-order valence-corrected chi connectivity index (χ1v) is 32.6. The number of carbonyl (C=O) groups is 3. The summed E-state index contributed by atoms with van der Waals surface area (Å²) in [6, 6.07) is 0. The maximum absolute atomic E-state index is 12.9. The van der Waals surface area contributed by atoms with Crippen LogP contribution in [0, 0.1) is 0 Å². The van der Waals surface area contributed by atoms with E-state index in [9.17, 15) is 14.4 Å². The maximum atomic E-state index is 12.9. The number of esters is 3. The minimum Gasteiger partial charge on any atom is -0.462 e. The van der Waals surface area contributed by atoms with Crippen molar-refractivity contribution in [1.82, 2.24) is 0 Å². The van der Waals surface area contributed by atoms with Gasteiger partial charge in [-0.2, -0.15) is 0 Å². The molecule has 0 radical (unpaired) electrons. The molecule has 0 amide bonds. The first-order chi connectivity index (χ1) is 36.5. The maximum Gasteiger partial charge on any atom is 0.306 e. The monoisotopic (exact) mass is 1040 g/mol. The third-order valence-corrected chi connectivity index (χ3v) is 14.6. The van der Waals surface area contributed by atoms with Crippen LogP contribution in [-0.2, 0) is 28.6 Å². The lowest BCUT2D eigenvalue weighted by atomic mass is 10.0. The van der Waals surface area contributed by atoms with Gasteiger partial charge < -0.3 is 14.2 Å². The molecule has 0 heterocycles. The number of rotatable bonds is 60. The minimum absolute atomic E-state index is 0.0724. The number of hydrogen-bond acceptors (Lipinski definition) is 6. The van der Waals surface area contributed by atoms with Gasteiger partial charge in [0.1, 0.15) is 13.2 Å². The van der Waals surface area contributed by atoms with Crippen molar-refractivity contribution in [2.24, 2.45) is 0 Å². The lowest BCUT2D eigenvalue weighted by Gasteiger charge is -2.18. The Morgan fingerprint density at radius 3 is 0.770 bits per heavy atom. The standard InChI is InChI=1S/C68H124O6/c1-4-7-10-13-16-19-22-25-28-30-32-33-34-35-37-38-40-43-46-49-52-55-58-61-67(70)73-64-65(63-72-66(69)60-57-54-51-48-45-42-27-24-21-18-15-12-9-6-3)74-68(71)62-59-56-53-50-47-44-41-39-36-31-29-26-23-20-17-14-11-8-5-2/h22,25-26,29-30,32,34-35,65H,4-21,23-24,27-28,31,33,36-64H2,1-3H3/b25-22-,29-26-,32-30-,35-34-. The third-order valence-electron chi connectivity index (χ3n) is 14.6. The topological polar surface area (TPSA) is 78.9 Å². The highest BCUT2D eigenvalue weighted by molar-refractivity contribution is 5.71. The van der Waals surface area contributed by atoms with E-state index >= 15 is 0 Å². The number of hydrogen-bond donors (Lipinski definition) is 0. The molecule has 1 atom stereocenters. The Morgan fingerprint density at radius 2 is 0.486 bits per heavy atom. The zero-order chi connectivity index (χ0) is 53.6. The van der Waals surface area contributed by atoms with Crippen LogP contribution < -0.4 is 0 Å². The van der Waals surface area contributed by atoms with Crippen LogP contribution in [0.3, 0.4) is 0 Å². The van der Waals surface area contributed by atoms with Crippen molar-refractivity contribution < 1.29 is 28.6 Å². The summed E-state index contributed by atoms with van der Waals surface area (Å²) in [7, 11) is 0. The van der Waals surface area contributed by atoms with Gasteiger partial charge in [-0.25, -0.2) is 0 Å². The Kier molecular flexibility index (Phi) is 60.7. The molecule has 0 saturated carbocycles. The molecule has 0 aliphatic heterocycles. The van der Waals surface area contributed by atoms with E-state index in [1.807, 2.05) is 0 Å². The molecule has 0 saturated heterocycles. The molecule has 6 heteroatoms. The molecule has 1 unspecified atom stereocenters. The van der Waals surface area contributed by atoms with Crippen LogP contribution in [0.25, 0.3) is 0 Å². The molecule has 0 rings (SSSR count). The molecule has 0 aliphatic rings. The molecular weight excluding hydrogens is 913 g/mol. The zero-order valence-electron chi connectivity index (χ0n) is 49.6. The zero-order valence-corrected chi connectivity index (χ0v) is 49.6.